The summed E-state index contributed by atoms with van der Waals surface area (Å²) in [5, 5.41) is 6.97. The molecule has 33 heavy (non-hydrogen) atoms. The number of thiocarbonyl (C=S) groups is 1. The molecule has 5 atom stereocenters. The highest BCUT2D eigenvalue weighted by Gasteiger charge is 2.48. The van der Waals surface area contributed by atoms with Gasteiger partial charge in [0, 0.05) is 25.0 Å². The van der Waals surface area contributed by atoms with Gasteiger partial charge in [-0.15, -0.1) is 0 Å². The number of hydrogen-bond donors (Lipinski definition) is 2. The van der Waals surface area contributed by atoms with Gasteiger partial charge in [0.25, 0.3) is 0 Å². The molecular weight excluding hydrogens is 438 g/mol. The molecular formula is C25H35N3O4S. The summed E-state index contributed by atoms with van der Waals surface area (Å²) in [4.78, 5) is 27.0. The summed E-state index contributed by atoms with van der Waals surface area (Å²) in [6, 6.07) is 10.5. The van der Waals surface area contributed by atoms with Crippen molar-refractivity contribution in [1.82, 2.24) is 15.5 Å². The van der Waals surface area contributed by atoms with Gasteiger partial charge in [0.05, 0.1) is 18.1 Å². The number of carbonyl (C=O) groups is 2. The Bertz CT molecular complexity index is 836. The minimum absolute atomic E-state index is 0.0131. The number of aryl methyl sites for hydroxylation is 1. The summed E-state index contributed by atoms with van der Waals surface area (Å²) in [5.74, 6) is 0.0886. The Labute approximate surface area is 201 Å². The standard InChI is InChI=1S/C25H35N3O4S/c1-17(11-12-18-8-4-2-5-9-18)26-23(29)10-6-3-7-13-28-24(30)19-14-21-22(32-16-31-21)15-20(19)27-25(28)33/h2,4-5,8-9,17,19-22H,3,6-7,10-16H2,1H3,(H,26,29)(H,27,33). The fourth-order valence-corrected chi connectivity index (χ4v) is 5.39. The fraction of sp³-hybridized carbons (Fsp3) is 0.640. The maximum atomic E-state index is 13.1. The normalized spacial score (nSPS) is 27.5. The maximum absolute atomic E-state index is 13.1. The van der Waals surface area contributed by atoms with Gasteiger partial charge in [0.1, 0.15) is 6.79 Å². The zero-order valence-electron chi connectivity index (χ0n) is 19.3. The average Bonchev–Trinajstić information content (AvgIpc) is 3.26. The van der Waals surface area contributed by atoms with E-state index >= 15 is 0 Å². The Kier molecular flexibility index (Phi) is 8.33. The molecule has 0 aromatic heterocycles. The first kappa shape index (κ1) is 24.1. The predicted octanol–water partition coefficient (Wildman–Crippen LogP) is 2.92. The van der Waals surface area contributed by atoms with E-state index < -0.39 is 0 Å². The number of ether oxygens (including phenoxy) is 2. The molecule has 1 aromatic carbocycles. The molecule has 3 fully saturated rings. The van der Waals surface area contributed by atoms with Crippen LogP contribution in [-0.2, 0) is 25.5 Å². The van der Waals surface area contributed by atoms with Gasteiger partial charge in [0.15, 0.2) is 5.11 Å². The highest BCUT2D eigenvalue weighted by molar-refractivity contribution is 7.80. The van der Waals surface area contributed by atoms with Gasteiger partial charge in [-0.25, -0.2) is 0 Å². The van der Waals surface area contributed by atoms with E-state index in [1.165, 1.54) is 5.56 Å². The lowest BCUT2D eigenvalue weighted by molar-refractivity contribution is -0.137. The molecule has 1 saturated carbocycles. The van der Waals surface area contributed by atoms with E-state index in [1.807, 2.05) is 18.2 Å². The lowest BCUT2D eigenvalue weighted by Crippen LogP contribution is -2.63. The van der Waals surface area contributed by atoms with Crippen LogP contribution in [0.15, 0.2) is 30.3 Å². The number of benzene rings is 1. The molecule has 2 heterocycles. The second kappa shape index (κ2) is 11.4. The van der Waals surface area contributed by atoms with E-state index in [1.54, 1.807) is 4.90 Å². The number of amides is 2. The Balaban J connectivity index is 1.12. The van der Waals surface area contributed by atoms with Gasteiger partial charge >= 0.3 is 0 Å². The lowest BCUT2D eigenvalue weighted by atomic mass is 9.79. The topological polar surface area (TPSA) is 79.9 Å². The molecule has 5 unspecified atom stereocenters. The van der Waals surface area contributed by atoms with Gasteiger partial charge in [-0.2, -0.15) is 0 Å². The zero-order chi connectivity index (χ0) is 23.2. The van der Waals surface area contributed by atoms with E-state index in [9.17, 15) is 9.59 Å². The van der Waals surface area contributed by atoms with Crippen molar-refractivity contribution in [3.05, 3.63) is 35.9 Å². The predicted molar refractivity (Wildman–Crippen MR) is 129 cm³/mol. The van der Waals surface area contributed by atoms with Crippen LogP contribution in [0.3, 0.4) is 0 Å². The zero-order valence-corrected chi connectivity index (χ0v) is 20.1. The SMILES string of the molecule is CC(CCc1ccccc1)NC(=O)CCCCCN1C(=O)C2CC3OCOC3CC2NC1=S. The van der Waals surface area contributed by atoms with Crippen molar-refractivity contribution >= 4 is 29.1 Å². The molecule has 2 N–H and O–H groups in total. The van der Waals surface area contributed by atoms with Crippen molar-refractivity contribution in [2.24, 2.45) is 5.92 Å². The van der Waals surface area contributed by atoms with Crippen LogP contribution in [0, 0.1) is 5.92 Å². The van der Waals surface area contributed by atoms with Crippen LogP contribution >= 0.6 is 12.2 Å². The van der Waals surface area contributed by atoms with Crippen LogP contribution in [0.2, 0.25) is 0 Å². The van der Waals surface area contributed by atoms with Crippen LogP contribution < -0.4 is 10.6 Å². The summed E-state index contributed by atoms with van der Waals surface area (Å²) in [5.41, 5.74) is 1.29. The maximum Gasteiger partial charge on any atom is 0.234 e. The molecule has 0 radical (unpaired) electrons. The lowest BCUT2D eigenvalue weighted by Gasteiger charge is -2.44. The molecule has 3 aliphatic rings. The fourth-order valence-electron chi connectivity index (χ4n) is 5.06. The first-order chi connectivity index (χ1) is 16.0. The average molecular weight is 474 g/mol. The first-order valence-corrected chi connectivity index (χ1v) is 12.6. The molecule has 0 bridgehead atoms. The van der Waals surface area contributed by atoms with E-state index in [0.29, 0.717) is 31.3 Å². The molecule has 2 saturated heterocycles. The number of hydrogen-bond acceptors (Lipinski definition) is 5. The molecule has 180 valence electrons. The van der Waals surface area contributed by atoms with Gasteiger partial charge in [-0.1, -0.05) is 36.8 Å². The Morgan fingerprint density at radius 3 is 2.73 bits per heavy atom. The first-order valence-electron chi connectivity index (χ1n) is 12.2. The van der Waals surface area contributed by atoms with Gasteiger partial charge in [-0.3, -0.25) is 14.5 Å². The molecule has 1 aliphatic carbocycles. The van der Waals surface area contributed by atoms with Gasteiger partial charge in [0.2, 0.25) is 11.8 Å². The van der Waals surface area contributed by atoms with Crippen molar-refractivity contribution in [2.75, 3.05) is 13.3 Å². The molecule has 0 spiro atoms. The van der Waals surface area contributed by atoms with E-state index in [4.69, 9.17) is 21.7 Å². The summed E-state index contributed by atoms with van der Waals surface area (Å²) < 4.78 is 11.2. The third-order valence-corrected chi connectivity index (χ3v) is 7.31. The second-order valence-electron chi connectivity index (χ2n) is 9.46. The van der Waals surface area contributed by atoms with Crippen molar-refractivity contribution in [1.29, 1.82) is 0 Å². The highest BCUT2D eigenvalue weighted by atomic mass is 32.1. The van der Waals surface area contributed by atoms with Crippen LogP contribution in [0.25, 0.3) is 0 Å². The van der Waals surface area contributed by atoms with Crippen molar-refractivity contribution < 1.29 is 19.1 Å². The van der Waals surface area contributed by atoms with Crippen LogP contribution in [0.1, 0.15) is 57.4 Å². The van der Waals surface area contributed by atoms with Gasteiger partial charge in [-0.05, 0) is 63.2 Å². The van der Waals surface area contributed by atoms with E-state index in [0.717, 1.165) is 38.5 Å². The monoisotopic (exact) mass is 473 g/mol. The molecule has 4 rings (SSSR count). The molecule has 1 aromatic rings. The minimum atomic E-state index is -0.109. The summed E-state index contributed by atoms with van der Waals surface area (Å²) >= 11 is 5.48. The van der Waals surface area contributed by atoms with E-state index in [-0.39, 0.29) is 42.0 Å². The molecule has 2 aliphatic heterocycles. The summed E-state index contributed by atoms with van der Waals surface area (Å²) in [6.07, 6.45) is 6.43. The number of fused-ring (bicyclic) bond motifs is 2. The molecule has 2 amide bonds. The summed E-state index contributed by atoms with van der Waals surface area (Å²) in [6.45, 7) is 2.96. The minimum Gasteiger partial charge on any atom is -0.359 e. The smallest absolute Gasteiger partial charge is 0.234 e. The second-order valence-corrected chi connectivity index (χ2v) is 9.84. The number of nitrogens with zero attached hydrogens (tertiary/aromatic N) is 1. The molecule has 8 heteroatoms. The quantitative estimate of drug-likeness (QED) is 0.402. The Hall–Kier alpha value is -2.03. The van der Waals surface area contributed by atoms with Crippen LogP contribution in [0.4, 0.5) is 0 Å². The Morgan fingerprint density at radius 2 is 1.94 bits per heavy atom. The largest absolute Gasteiger partial charge is 0.359 e. The van der Waals surface area contributed by atoms with Crippen LogP contribution in [-0.4, -0.2) is 59.5 Å². The van der Waals surface area contributed by atoms with Crippen molar-refractivity contribution in [3.8, 4) is 0 Å². The number of nitrogens with one attached hydrogen (secondary N) is 2. The number of carbonyl (C=O) groups excluding carboxylic acids is 2. The third kappa shape index (κ3) is 6.31. The number of rotatable bonds is 10. The Morgan fingerprint density at radius 1 is 1.18 bits per heavy atom. The number of unbranched alkanes of at least 4 members (excludes halogenated alkanes) is 2. The summed E-state index contributed by atoms with van der Waals surface area (Å²) in [7, 11) is 0. The van der Waals surface area contributed by atoms with Crippen molar-refractivity contribution in [2.45, 2.75) is 82.6 Å². The van der Waals surface area contributed by atoms with E-state index in [2.05, 4.69) is 29.7 Å². The molecule has 7 nitrogen and oxygen atoms in total. The highest BCUT2D eigenvalue weighted by Crippen LogP contribution is 2.35. The van der Waals surface area contributed by atoms with Crippen LogP contribution in [0.5, 0.6) is 0 Å². The van der Waals surface area contributed by atoms with Gasteiger partial charge < -0.3 is 20.1 Å². The van der Waals surface area contributed by atoms with Crippen molar-refractivity contribution in [3.63, 3.8) is 0 Å². The third-order valence-electron chi connectivity index (χ3n) is 6.98.